The van der Waals surface area contributed by atoms with E-state index in [1.54, 1.807) is 5.48 Å². The molecule has 0 spiro atoms. The number of hydrogen-bond acceptors (Lipinski definition) is 4. The van der Waals surface area contributed by atoms with Gasteiger partial charge in [-0.3, -0.25) is 14.9 Å². The smallest absolute Gasteiger partial charge is 0.244 e. The standard InChI is InChI=1S/C22H29N3O3S/c1-18(16-22(26)23-27)25(29(28)21-10-6-3-7-11-21)20-12-14-24(15-13-20)17-19-8-4-2-5-9-19/h2-11,18,20,27H,12-17H2,1H3,(H,23,26). The van der Waals surface area contributed by atoms with Crippen LogP contribution in [-0.4, -0.2) is 49.7 Å². The molecule has 2 aromatic carbocycles. The number of hydroxylamine groups is 1. The van der Waals surface area contributed by atoms with Gasteiger partial charge in [-0.25, -0.2) is 14.0 Å². The first-order chi connectivity index (χ1) is 14.1. The van der Waals surface area contributed by atoms with E-state index >= 15 is 0 Å². The molecule has 1 heterocycles. The van der Waals surface area contributed by atoms with Gasteiger partial charge in [-0.2, -0.15) is 0 Å². The van der Waals surface area contributed by atoms with E-state index in [2.05, 4.69) is 29.2 Å². The molecule has 2 aromatic rings. The molecule has 1 fully saturated rings. The van der Waals surface area contributed by atoms with Gasteiger partial charge in [-0.1, -0.05) is 48.5 Å². The second kappa shape index (κ2) is 10.6. The van der Waals surface area contributed by atoms with Crippen molar-refractivity contribution in [3.63, 3.8) is 0 Å². The third-order valence-corrected chi connectivity index (χ3v) is 7.06. The zero-order valence-corrected chi connectivity index (χ0v) is 17.6. The summed E-state index contributed by atoms with van der Waals surface area (Å²) in [4.78, 5) is 14.9. The van der Waals surface area contributed by atoms with Gasteiger partial charge in [-0.15, -0.1) is 0 Å². The van der Waals surface area contributed by atoms with Crippen LogP contribution in [0.3, 0.4) is 0 Å². The summed E-state index contributed by atoms with van der Waals surface area (Å²) in [6.07, 6.45) is 1.87. The number of nitrogens with one attached hydrogen (secondary N) is 1. The number of benzene rings is 2. The van der Waals surface area contributed by atoms with Crippen LogP contribution in [-0.2, 0) is 22.3 Å². The summed E-state index contributed by atoms with van der Waals surface area (Å²) >= 11 is 0. The predicted molar refractivity (Wildman–Crippen MR) is 113 cm³/mol. The second-order valence-electron chi connectivity index (χ2n) is 7.50. The quantitative estimate of drug-likeness (QED) is 0.514. The molecular formula is C22H29N3O3S. The average Bonchev–Trinajstić information content (AvgIpc) is 2.76. The summed E-state index contributed by atoms with van der Waals surface area (Å²) in [5, 5.41) is 8.91. The Morgan fingerprint density at radius 3 is 2.31 bits per heavy atom. The van der Waals surface area contributed by atoms with Crippen LogP contribution in [0.5, 0.6) is 0 Å². The molecule has 0 radical (unpaired) electrons. The first-order valence-corrected chi connectivity index (χ1v) is 11.1. The van der Waals surface area contributed by atoms with Crippen molar-refractivity contribution < 1.29 is 14.2 Å². The monoisotopic (exact) mass is 415 g/mol. The molecule has 1 aliphatic rings. The summed E-state index contributed by atoms with van der Waals surface area (Å²) in [6, 6.07) is 19.6. The van der Waals surface area contributed by atoms with Crippen molar-refractivity contribution in [3.8, 4) is 0 Å². The largest absolute Gasteiger partial charge is 0.299 e. The Morgan fingerprint density at radius 2 is 1.72 bits per heavy atom. The van der Waals surface area contributed by atoms with Crippen molar-refractivity contribution in [1.29, 1.82) is 0 Å². The minimum atomic E-state index is -1.36. The Kier molecular flexibility index (Phi) is 7.94. The van der Waals surface area contributed by atoms with Gasteiger partial charge in [0.1, 0.15) is 11.0 Å². The van der Waals surface area contributed by atoms with Gasteiger partial charge < -0.3 is 0 Å². The summed E-state index contributed by atoms with van der Waals surface area (Å²) in [6.45, 7) is 4.65. The van der Waals surface area contributed by atoms with E-state index in [1.165, 1.54) is 5.56 Å². The molecule has 0 aromatic heterocycles. The fourth-order valence-corrected chi connectivity index (χ4v) is 5.41. The number of rotatable bonds is 8. The number of hydrogen-bond donors (Lipinski definition) is 2. The first-order valence-electron chi connectivity index (χ1n) is 10.0. The van der Waals surface area contributed by atoms with E-state index in [4.69, 9.17) is 5.21 Å². The van der Waals surface area contributed by atoms with Gasteiger partial charge in [0.05, 0.1) is 4.90 Å². The normalized spacial score (nSPS) is 17.8. The van der Waals surface area contributed by atoms with Crippen molar-refractivity contribution >= 4 is 16.9 Å². The van der Waals surface area contributed by atoms with Crippen molar-refractivity contribution in [2.45, 2.75) is 49.7 Å². The Hall–Kier alpha value is -2.06. The Labute approximate surface area is 175 Å². The maximum Gasteiger partial charge on any atom is 0.244 e. The van der Waals surface area contributed by atoms with E-state index < -0.39 is 16.9 Å². The number of nitrogens with zero attached hydrogens (tertiary/aromatic N) is 2. The summed E-state index contributed by atoms with van der Waals surface area (Å²) in [7, 11) is -1.36. The topological polar surface area (TPSA) is 72.9 Å². The van der Waals surface area contributed by atoms with E-state index in [1.807, 2.05) is 47.6 Å². The lowest BCUT2D eigenvalue weighted by Crippen LogP contribution is -2.49. The highest BCUT2D eigenvalue weighted by molar-refractivity contribution is 7.82. The molecule has 0 aliphatic carbocycles. The number of piperidine rings is 1. The fourth-order valence-electron chi connectivity index (χ4n) is 3.89. The molecule has 1 aliphatic heterocycles. The highest BCUT2D eigenvalue weighted by atomic mass is 32.2. The third kappa shape index (κ3) is 5.96. The number of amides is 1. The maximum atomic E-state index is 13.4. The number of carbonyl (C=O) groups excluding carboxylic acids is 1. The average molecular weight is 416 g/mol. The van der Waals surface area contributed by atoms with Gasteiger partial charge in [0.15, 0.2) is 0 Å². The molecule has 29 heavy (non-hydrogen) atoms. The molecule has 3 rings (SSSR count). The van der Waals surface area contributed by atoms with Crippen LogP contribution in [0.4, 0.5) is 0 Å². The van der Waals surface area contributed by atoms with Crippen molar-refractivity contribution in [1.82, 2.24) is 14.7 Å². The van der Waals surface area contributed by atoms with Crippen molar-refractivity contribution in [2.24, 2.45) is 0 Å². The lowest BCUT2D eigenvalue weighted by molar-refractivity contribution is -0.130. The Bertz CT molecular complexity index is 795. The fraction of sp³-hybridized carbons (Fsp3) is 0.409. The minimum Gasteiger partial charge on any atom is -0.299 e. The van der Waals surface area contributed by atoms with Gasteiger partial charge in [0.25, 0.3) is 0 Å². The van der Waals surface area contributed by atoms with Gasteiger partial charge in [-0.05, 0) is 37.5 Å². The first kappa shape index (κ1) is 21.6. The molecule has 6 nitrogen and oxygen atoms in total. The molecule has 156 valence electrons. The van der Waals surface area contributed by atoms with Crippen LogP contribution < -0.4 is 5.48 Å². The number of likely N-dealkylation sites (tertiary alicyclic amines) is 1. The van der Waals surface area contributed by atoms with E-state index in [9.17, 15) is 9.00 Å². The zero-order chi connectivity index (χ0) is 20.6. The van der Waals surface area contributed by atoms with Gasteiger partial charge >= 0.3 is 0 Å². The molecule has 2 N–H and O–H groups in total. The lowest BCUT2D eigenvalue weighted by Gasteiger charge is -2.40. The van der Waals surface area contributed by atoms with Crippen LogP contribution in [0, 0.1) is 0 Å². The van der Waals surface area contributed by atoms with Gasteiger partial charge in [0, 0.05) is 38.1 Å². The van der Waals surface area contributed by atoms with Crippen LogP contribution in [0.25, 0.3) is 0 Å². The third-order valence-electron chi connectivity index (χ3n) is 5.34. The predicted octanol–water partition coefficient (Wildman–Crippen LogP) is 2.96. The summed E-state index contributed by atoms with van der Waals surface area (Å²) < 4.78 is 15.3. The van der Waals surface area contributed by atoms with E-state index in [0.29, 0.717) is 0 Å². The van der Waals surface area contributed by atoms with Gasteiger partial charge in [0.2, 0.25) is 5.91 Å². The zero-order valence-electron chi connectivity index (χ0n) is 16.7. The molecule has 1 saturated heterocycles. The minimum absolute atomic E-state index is 0.0965. The molecule has 1 amide bonds. The molecule has 2 atom stereocenters. The van der Waals surface area contributed by atoms with E-state index in [0.717, 1.165) is 37.4 Å². The number of carbonyl (C=O) groups is 1. The lowest BCUT2D eigenvalue weighted by atomic mass is 10.0. The maximum absolute atomic E-state index is 13.4. The van der Waals surface area contributed by atoms with Crippen molar-refractivity contribution in [2.75, 3.05) is 13.1 Å². The Balaban J connectivity index is 1.69. The SMILES string of the molecule is CC(CC(=O)NO)N(C1CCN(Cc2ccccc2)CC1)S(=O)c1ccccc1. The van der Waals surface area contributed by atoms with Crippen molar-refractivity contribution in [3.05, 3.63) is 66.2 Å². The molecule has 2 unspecified atom stereocenters. The molecule has 0 saturated carbocycles. The molecule has 7 heteroatoms. The summed E-state index contributed by atoms with van der Waals surface area (Å²) in [5.41, 5.74) is 2.99. The second-order valence-corrected chi connectivity index (χ2v) is 8.89. The van der Waals surface area contributed by atoms with Crippen LogP contribution in [0.1, 0.15) is 31.7 Å². The van der Waals surface area contributed by atoms with Crippen LogP contribution in [0.15, 0.2) is 65.6 Å². The molecular weight excluding hydrogens is 386 g/mol. The summed E-state index contributed by atoms with van der Waals surface area (Å²) in [5.74, 6) is -0.464. The van der Waals surface area contributed by atoms with Crippen LogP contribution in [0.2, 0.25) is 0 Å². The molecule has 0 bridgehead atoms. The van der Waals surface area contributed by atoms with E-state index in [-0.39, 0.29) is 18.5 Å². The highest BCUT2D eigenvalue weighted by Gasteiger charge is 2.33. The highest BCUT2D eigenvalue weighted by Crippen LogP contribution is 2.26. The van der Waals surface area contributed by atoms with Crippen LogP contribution >= 0.6 is 0 Å². The Morgan fingerprint density at radius 1 is 1.14 bits per heavy atom.